The van der Waals surface area contributed by atoms with Gasteiger partial charge in [-0.25, -0.2) is 9.97 Å². The SMILES string of the molecule is Cc1nc(N2CC(NC(=O)C(C)(C)C)C2)cc(C(F)(F)F)n1. The van der Waals surface area contributed by atoms with Crippen LogP contribution in [0.2, 0.25) is 0 Å². The van der Waals surface area contributed by atoms with Gasteiger partial charge in [-0.15, -0.1) is 0 Å². The molecule has 1 aromatic heterocycles. The van der Waals surface area contributed by atoms with Crippen LogP contribution in [0.1, 0.15) is 32.3 Å². The number of aryl methyl sites for hydroxylation is 1. The van der Waals surface area contributed by atoms with E-state index in [4.69, 9.17) is 0 Å². The van der Waals surface area contributed by atoms with Crippen LogP contribution in [0, 0.1) is 12.3 Å². The zero-order valence-electron chi connectivity index (χ0n) is 13.0. The van der Waals surface area contributed by atoms with Crippen molar-refractivity contribution in [1.82, 2.24) is 15.3 Å². The fourth-order valence-electron chi connectivity index (χ4n) is 2.02. The molecule has 1 aliphatic rings. The van der Waals surface area contributed by atoms with Gasteiger partial charge in [0.2, 0.25) is 5.91 Å². The third kappa shape index (κ3) is 3.66. The van der Waals surface area contributed by atoms with Gasteiger partial charge in [-0.05, 0) is 6.92 Å². The fourth-order valence-corrected chi connectivity index (χ4v) is 2.02. The van der Waals surface area contributed by atoms with E-state index in [1.54, 1.807) is 4.90 Å². The Kier molecular flexibility index (Phi) is 4.06. The third-order valence-corrected chi connectivity index (χ3v) is 3.34. The first-order chi connectivity index (χ1) is 9.96. The summed E-state index contributed by atoms with van der Waals surface area (Å²) in [5, 5.41) is 2.87. The normalized spacial score (nSPS) is 16.4. The summed E-state index contributed by atoms with van der Waals surface area (Å²) in [4.78, 5) is 21.0. The number of hydrogen-bond donors (Lipinski definition) is 1. The molecule has 5 nitrogen and oxygen atoms in total. The van der Waals surface area contributed by atoms with Crippen LogP contribution in [0.25, 0.3) is 0 Å². The highest BCUT2D eigenvalue weighted by Gasteiger charge is 2.36. The second-order valence-corrected chi connectivity index (χ2v) is 6.48. The van der Waals surface area contributed by atoms with Gasteiger partial charge in [-0.3, -0.25) is 4.79 Å². The summed E-state index contributed by atoms with van der Waals surface area (Å²) in [6.45, 7) is 7.73. The number of nitrogens with one attached hydrogen (secondary N) is 1. The van der Waals surface area contributed by atoms with E-state index < -0.39 is 17.3 Å². The van der Waals surface area contributed by atoms with Crippen molar-refractivity contribution in [2.45, 2.75) is 39.9 Å². The standard InChI is InChI=1S/C14H19F3N4O/c1-8-18-10(14(15,16)17)5-11(19-8)21-6-9(7-21)20-12(22)13(2,3)4/h5,9H,6-7H2,1-4H3,(H,20,22). The fraction of sp³-hybridized carbons (Fsp3) is 0.643. The van der Waals surface area contributed by atoms with Gasteiger partial charge in [0.05, 0.1) is 6.04 Å². The van der Waals surface area contributed by atoms with Gasteiger partial charge in [-0.2, -0.15) is 13.2 Å². The first kappa shape index (κ1) is 16.5. The lowest BCUT2D eigenvalue weighted by atomic mass is 9.94. The first-order valence-electron chi connectivity index (χ1n) is 6.95. The smallest absolute Gasteiger partial charge is 0.352 e. The Bertz CT molecular complexity index is 574. The largest absolute Gasteiger partial charge is 0.433 e. The maximum atomic E-state index is 12.7. The number of alkyl halides is 3. The van der Waals surface area contributed by atoms with Crippen molar-refractivity contribution >= 4 is 11.7 Å². The van der Waals surface area contributed by atoms with Crippen LogP contribution < -0.4 is 10.2 Å². The Balaban J connectivity index is 2.02. The molecule has 1 saturated heterocycles. The van der Waals surface area contributed by atoms with Crippen LogP contribution in [0.15, 0.2) is 6.07 Å². The van der Waals surface area contributed by atoms with Crippen molar-refractivity contribution in [3.8, 4) is 0 Å². The molecule has 0 atom stereocenters. The molecular formula is C14H19F3N4O. The van der Waals surface area contributed by atoms with Crippen molar-refractivity contribution < 1.29 is 18.0 Å². The summed E-state index contributed by atoms with van der Waals surface area (Å²) in [6.07, 6.45) is -4.49. The summed E-state index contributed by atoms with van der Waals surface area (Å²) >= 11 is 0. The average molecular weight is 316 g/mol. The molecule has 0 saturated carbocycles. The van der Waals surface area contributed by atoms with Gasteiger partial charge < -0.3 is 10.2 Å². The van der Waals surface area contributed by atoms with Gasteiger partial charge in [-0.1, -0.05) is 20.8 Å². The van der Waals surface area contributed by atoms with E-state index in [0.717, 1.165) is 6.07 Å². The molecular weight excluding hydrogens is 297 g/mol. The summed E-state index contributed by atoms with van der Waals surface area (Å²) in [6, 6.07) is 0.866. The van der Waals surface area contributed by atoms with E-state index in [0.29, 0.717) is 13.1 Å². The molecule has 1 amide bonds. The minimum Gasteiger partial charge on any atom is -0.352 e. The minimum atomic E-state index is -4.49. The highest BCUT2D eigenvalue weighted by Crippen LogP contribution is 2.30. The lowest BCUT2D eigenvalue weighted by Gasteiger charge is -2.41. The molecule has 1 fully saturated rings. The zero-order valence-corrected chi connectivity index (χ0v) is 13.0. The van der Waals surface area contributed by atoms with E-state index in [1.807, 2.05) is 20.8 Å². The molecule has 0 radical (unpaired) electrons. The Hall–Kier alpha value is -1.86. The average Bonchev–Trinajstić information content (AvgIpc) is 2.29. The number of rotatable bonds is 2. The predicted octanol–water partition coefficient (Wildman–Crippen LogP) is 2.15. The van der Waals surface area contributed by atoms with Gasteiger partial charge in [0.1, 0.15) is 17.3 Å². The van der Waals surface area contributed by atoms with Crippen molar-refractivity contribution in [3.63, 3.8) is 0 Å². The van der Waals surface area contributed by atoms with Crippen LogP contribution >= 0.6 is 0 Å². The van der Waals surface area contributed by atoms with Gasteiger partial charge in [0.15, 0.2) is 0 Å². The highest BCUT2D eigenvalue weighted by molar-refractivity contribution is 5.82. The number of aromatic nitrogens is 2. The molecule has 8 heteroatoms. The zero-order chi connectivity index (χ0) is 16.7. The molecule has 1 aromatic rings. The number of nitrogens with zero attached hydrogens (tertiary/aromatic N) is 3. The minimum absolute atomic E-state index is 0.0728. The van der Waals surface area contributed by atoms with Gasteiger partial charge >= 0.3 is 6.18 Å². The summed E-state index contributed by atoms with van der Waals surface area (Å²) < 4.78 is 38.2. The topological polar surface area (TPSA) is 58.1 Å². The molecule has 22 heavy (non-hydrogen) atoms. The number of hydrogen-bond acceptors (Lipinski definition) is 4. The molecule has 0 bridgehead atoms. The molecule has 122 valence electrons. The molecule has 2 heterocycles. The van der Waals surface area contributed by atoms with Crippen LogP contribution in [-0.4, -0.2) is 35.0 Å². The maximum Gasteiger partial charge on any atom is 0.433 e. The third-order valence-electron chi connectivity index (χ3n) is 3.34. The Labute approximate surface area is 126 Å². The highest BCUT2D eigenvalue weighted by atomic mass is 19.4. The van der Waals surface area contributed by atoms with Crippen molar-refractivity contribution in [3.05, 3.63) is 17.6 Å². The van der Waals surface area contributed by atoms with E-state index in [1.165, 1.54) is 6.92 Å². The van der Waals surface area contributed by atoms with E-state index in [2.05, 4.69) is 15.3 Å². The second-order valence-electron chi connectivity index (χ2n) is 6.48. The lowest BCUT2D eigenvalue weighted by molar-refractivity contribution is -0.141. The molecule has 2 rings (SSSR count). The molecule has 0 aromatic carbocycles. The predicted molar refractivity (Wildman–Crippen MR) is 75.4 cm³/mol. The lowest BCUT2D eigenvalue weighted by Crippen LogP contribution is -2.61. The number of amides is 1. The van der Waals surface area contributed by atoms with Gasteiger partial charge in [0, 0.05) is 24.6 Å². The quantitative estimate of drug-likeness (QED) is 0.908. The molecule has 0 unspecified atom stereocenters. The molecule has 0 aliphatic carbocycles. The summed E-state index contributed by atoms with van der Waals surface area (Å²) in [5.74, 6) is 0.236. The summed E-state index contributed by atoms with van der Waals surface area (Å²) in [7, 11) is 0. The first-order valence-corrected chi connectivity index (χ1v) is 6.95. The van der Waals surface area contributed by atoms with E-state index >= 15 is 0 Å². The van der Waals surface area contributed by atoms with Crippen LogP contribution in [0.3, 0.4) is 0 Å². The number of anilines is 1. The number of carbonyl (C=O) groups is 1. The number of carbonyl (C=O) groups excluding carboxylic acids is 1. The van der Waals surface area contributed by atoms with E-state index in [9.17, 15) is 18.0 Å². The monoisotopic (exact) mass is 316 g/mol. The van der Waals surface area contributed by atoms with Gasteiger partial charge in [0.25, 0.3) is 0 Å². The maximum absolute atomic E-state index is 12.7. The van der Waals surface area contributed by atoms with Crippen molar-refractivity contribution in [2.24, 2.45) is 5.41 Å². The van der Waals surface area contributed by atoms with Crippen LogP contribution in [-0.2, 0) is 11.0 Å². The van der Waals surface area contributed by atoms with Crippen molar-refractivity contribution in [1.29, 1.82) is 0 Å². The number of halogens is 3. The van der Waals surface area contributed by atoms with Crippen molar-refractivity contribution in [2.75, 3.05) is 18.0 Å². The second kappa shape index (κ2) is 5.40. The molecule has 1 N–H and O–H groups in total. The van der Waals surface area contributed by atoms with Crippen LogP contribution in [0.4, 0.5) is 19.0 Å². The summed E-state index contributed by atoms with van der Waals surface area (Å²) in [5.41, 5.74) is -1.44. The van der Waals surface area contributed by atoms with E-state index in [-0.39, 0.29) is 23.6 Å². The molecule has 1 aliphatic heterocycles. The molecule has 0 spiro atoms. The Morgan fingerprint density at radius 3 is 2.36 bits per heavy atom. The Morgan fingerprint density at radius 2 is 1.86 bits per heavy atom. The Morgan fingerprint density at radius 1 is 1.27 bits per heavy atom. The van der Waals surface area contributed by atoms with Crippen LogP contribution in [0.5, 0.6) is 0 Å².